The Labute approximate surface area is 77.2 Å². The van der Waals surface area contributed by atoms with Crippen LogP contribution in [0.4, 0.5) is 5.82 Å². The predicted octanol–water partition coefficient (Wildman–Crippen LogP) is 1.04. The van der Waals surface area contributed by atoms with Crippen molar-refractivity contribution < 1.29 is 0 Å². The van der Waals surface area contributed by atoms with Crippen LogP contribution < -0.4 is 11.3 Å². The summed E-state index contributed by atoms with van der Waals surface area (Å²) < 4.78 is 0. The second kappa shape index (κ2) is 3.60. The third kappa shape index (κ3) is 1.88. The van der Waals surface area contributed by atoms with Crippen LogP contribution in [0.3, 0.4) is 0 Å². The molecule has 0 saturated carbocycles. The molecule has 0 spiro atoms. The number of nitrogens with one attached hydrogen (secondary N) is 1. The molecule has 0 aromatic carbocycles. The first-order chi connectivity index (χ1) is 6.06. The van der Waals surface area contributed by atoms with Crippen LogP contribution in [0.25, 0.3) is 0 Å². The third-order valence-electron chi connectivity index (χ3n) is 1.97. The number of nitrogens with two attached hydrogens (primary N) is 1. The molecule has 0 aliphatic carbocycles. The van der Waals surface area contributed by atoms with Crippen molar-refractivity contribution in [2.24, 2.45) is 0 Å². The summed E-state index contributed by atoms with van der Waals surface area (Å²) in [4.78, 5) is 18.3. The highest BCUT2D eigenvalue weighted by Gasteiger charge is 2.08. The molecule has 3 N–H and O–H groups in total. The summed E-state index contributed by atoms with van der Waals surface area (Å²) in [6.45, 7) is 5.81. The van der Waals surface area contributed by atoms with Gasteiger partial charge in [-0.2, -0.15) is 0 Å². The van der Waals surface area contributed by atoms with Gasteiger partial charge in [0.25, 0.3) is 5.56 Å². The lowest BCUT2D eigenvalue weighted by atomic mass is 10.2. The molecule has 0 unspecified atom stereocenters. The Hall–Kier alpha value is -1.32. The van der Waals surface area contributed by atoms with Gasteiger partial charge in [-0.25, -0.2) is 4.98 Å². The van der Waals surface area contributed by atoms with Crippen LogP contribution in [0.15, 0.2) is 4.79 Å². The molecule has 4 nitrogen and oxygen atoms in total. The number of aromatic amines is 1. The highest BCUT2D eigenvalue weighted by Crippen LogP contribution is 2.10. The van der Waals surface area contributed by atoms with Crippen molar-refractivity contribution in [1.82, 2.24) is 9.97 Å². The maximum absolute atomic E-state index is 11.4. The van der Waals surface area contributed by atoms with Crippen LogP contribution in [0.5, 0.6) is 0 Å². The van der Waals surface area contributed by atoms with Gasteiger partial charge in [-0.05, 0) is 6.42 Å². The third-order valence-corrected chi connectivity index (χ3v) is 1.97. The number of nitrogen functional groups attached to an aromatic ring is 1. The van der Waals surface area contributed by atoms with E-state index in [2.05, 4.69) is 9.97 Å². The van der Waals surface area contributed by atoms with E-state index >= 15 is 0 Å². The van der Waals surface area contributed by atoms with E-state index in [1.54, 1.807) is 0 Å². The maximum atomic E-state index is 11.4. The number of rotatable bonds is 2. The van der Waals surface area contributed by atoms with Crippen LogP contribution in [-0.2, 0) is 6.42 Å². The van der Waals surface area contributed by atoms with Crippen LogP contribution in [-0.4, -0.2) is 9.97 Å². The summed E-state index contributed by atoms with van der Waals surface area (Å²) in [5.74, 6) is 1.20. The SMILES string of the molecule is CCc1c(N)nc(C(C)C)[nH]c1=O. The Kier molecular flexibility index (Phi) is 2.70. The van der Waals surface area contributed by atoms with E-state index in [1.807, 2.05) is 20.8 Å². The van der Waals surface area contributed by atoms with Gasteiger partial charge < -0.3 is 10.7 Å². The lowest BCUT2D eigenvalue weighted by Gasteiger charge is -2.07. The molecule has 0 fully saturated rings. The monoisotopic (exact) mass is 181 g/mol. The van der Waals surface area contributed by atoms with Gasteiger partial charge in [0.1, 0.15) is 11.6 Å². The molecule has 4 heteroatoms. The first kappa shape index (κ1) is 9.77. The van der Waals surface area contributed by atoms with Crippen molar-refractivity contribution in [3.8, 4) is 0 Å². The molecule has 0 amide bonds. The first-order valence-electron chi connectivity index (χ1n) is 4.44. The summed E-state index contributed by atoms with van der Waals surface area (Å²) in [6.07, 6.45) is 0.618. The van der Waals surface area contributed by atoms with Crippen LogP contribution >= 0.6 is 0 Å². The summed E-state index contributed by atoms with van der Waals surface area (Å²) in [6, 6.07) is 0. The number of hydrogen-bond donors (Lipinski definition) is 2. The van der Waals surface area contributed by atoms with Gasteiger partial charge in [-0.1, -0.05) is 20.8 Å². The van der Waals surface area contributed by atoms with E-state index in [-0.39, 0.29) is 11.5 Å². The average molecular weight is 181 g/mol. The molecule has 13 heavy (non-hydrogen) atoms. The van der Waals surface area contributed by atoms with Crippen molar-refractivity contribution in [3.05, 3.63) is 21.7 Å². The zero-order valence-corrected chi connectivity index (χ0v) is 8.22. The van der Waals surface area contributed by atoms with Crippen LogP contribution in [0, 0.1) is 0 Å². The molecule has 1 heterocycles. The van der Waals surface area contributed by atoms with Gasteiger partial charge in [0, 0.05) is 5.92 Å². The molecule has 0 aliphatic heterocycles. The van der Waals surface area contributed by atoms with E-state index in [4.69, 9.17) is 5.73 Å². The second-order valence-corrected chi connectivity index (χ2v) is 3.32. The van der Waals surface area contributed by atoms with Crippen molar-refractivity contribution in [2.75, 3.05) is 5.73 Å². The molecule has 0 saturated heterocycles. The van der Waals surface area contributed by atoms with Crippen molar-refractivity contribution >= 4 is 5.82 Å². The lowest BCUT2D eigenvalue weighted by Crippen LogP contribution is -2.19. The average Bonchev–Trinajstić information content (AvgIpc) is 2.03. The molecular formula is C9H15N3O. The molecule has 0 aliphatic rings. The summed E-state index contributed by atoms with van der Waals surface area (Å²) in [5.41, 5.74) is 6.10. The second-order valence-electron chi connectivity index (χ2n) is 3.32. The van der Waals surface area contributed by atoms with Gasteiger partial charge in [-0.3, -0.25) is 4.79 Å². The highest BCUT2D eigenvalue weighted by molar-refractivity contribution is 5.37. The Morgan fingerprint density at radius 1 is 1.54 bits per heavy atom. The molecule has 1 aromatic rings. The minimum absolute atomic E-state index is 0.112. The molecule has 1 rings (SSSR count). The molecule has 0 bridgehead atoms. The van der Waals surface area contributed by atoms with Crippen LogP contribution in [0.2, 0.25) is 0 Å². The quantitative estimate of drug-likeness (QED) is 0.716. The van der Waals surface area contributed by atoms with E-state index < -0.39 is 0 Å². The normalized spacial score (nSPS) is 10.8. The zero-order valence-electron chi connectivity index (χ0n) is 8.22. The van der Waals surface area contributed by atoms with Gasteiger partial charge in [0.2, 0.25) is 0 Å². The number of hydrogen-bond acceptors (Lipinski definition) is 3. The number of aromatic nitrogens is 2. The predicted molar refractivity (Wildman–Crippen MR) is 52.7 cm³/mol. The Balaban J connectivity index is 3.29. The minimum atomic E-state index is -0.112. The molecule has 72 valence electrons. The number of anilines is 1. The van der Waals surface area contributed by atoms with Gasteiger partial charge in [-0.15, -0.1) is 0 Å². The minimum Gasteiger partial charge on any atom is -0.383 e. The van der Waals surface area contributed by atoms with Crippen LogP contribution in [0.1, 0.15) is 38.1 Å². The lowest BCUT2D eigenvalue weighted by molar-refractivity contribution is 0.762. The first-order valence-corrected chi connectivity index (χ1v) is 4.44. The van der Waals surface area contributed by atoms with E-state index in [0.29, 0.717) is 23.6 Å². The van der Waals surface area contributed by atoms with Crippen molar-refractivity contribution in [2.45, 2.75) is 33.1 Å². The van der Waals surface area contributed by atoms with Gasteiger partial charge in [0.05, 0.1) is 5.56 Å². The maximum Gasteiger partial charge on any atom is 0.256 e. The highest BCUT2D eigenvalue weighted by atomic mass is 16.1. The van der Waals surface area contributed by atoms with Gasteiger partial charge in [0.15, 0.2) is 0 Å². The van der Waals surface area contributed by atoms with E-state index in [9.17, 15) is 4.79 Å². The molecule has 1 aromatic heterocycles. The standard InChI is InChI=1S/C9H15N3O/c1-4-6-7(10)11-8(5(2)3)12-9(6)13/h5H,4H2,1-3H3,(H3,10,11,12,13). The van der Waals surface area contributed by atoms with Gasteiger partial charge >= 0.3 is 0 Å². The molecule has 0 atom stereocenters. The van der Waals surface area contributed by atoms with E-state index in [1.165, 1.54) is 0 Å². The Morgan fingerprint density at radius 3 is 2.54 bits per heavy atom. The largest absolute Gasteiger partial charge is 0.383 e. The summed E-state index contributed by atoms with van der Waals surface area (Å²) in [7, 11) is 0. The smallest absolute Gasteiger partial charge is 0.256 e. The van der Waals surface area contributed by atoms with Crippen molar-refractivity contribution in [1.29, 1.82) is 0 Å². The fourth-order valence-corrected chi connectivity index (χ4v) is 1.15. The zero-order chi connectivity index (χ0) is 10.0. The van der Waals surface area contributed by atoms with Crippen molar-refractivity contribution in [3.63, 3.8) is 0 Å². The topological polar surface area (TPSA) is 71.8 Å². The molecule has 0 radical (unpaired) electrons. The molecular weight excluding hydrogens is 166 g/mol. The number of H-pyrrole nitrogens is 1. The Bertz CT molecular complexity index is 354. The van der Waals surface area contributed by atoms with E-state index in [0.717, 1.165) is 0 Å². The Morgan fingerprint density at radius 2 is 2.15 bits per heavy atom. The summed E-state index contributed by atoms with van der Waals surface area (Å²) >= 11 is 0. The number of nitrogens with zero attached hydrogens (tertiary/aromatic N) is 1. The summed E-state index contributed by atoms with van der Waals surface area (Å²) in [5, 5.41) is 0. The fourth-order valence-electron chi connectivity index (χ4n) is 1.15. The fraction of sp³-hybridized carbons (Fsp3) is 0.556.